The average Bonchev–Trinajstić information content (AvgIpc) is 2.89. The summed E-state index contributed by atoms with van der Waals surface area (Å²) in [5.41, 5.74) is -3.42. The van der Waals surface area contributed by atoms with Gasteiger partial charge in [0.05, 0.1) is 32.3 Å². The number of anilines is 2. The lowest BCUT2D eigenvalue weighted by atomic mass is 10.0. The highest BCUT2D eigenvalue weighted by molar-refractivity contribution is 7.93. The highest BCUT2D eigenvalue weighted by Crippen LogP contribution is 2.36. The summed E-state index contributed by atoms with van der Waals surface area (Å²) in [5, 5.41) is 0. The molecule has 7 nitrogen and oxygen atoms in total. The van der Waals surface area contributed by atoms with Crippen molar-refractivity contribution < 1.29 is 56.7 Å². The Balaban J connectivity index is 1.78. The summed E-state index contributed by atoms with van der Waals surface area (Å²) in [7, 11) is -9.53. The Labute approximate surface area is 238 Å². The Bertz CT molecular complexity index is 1860. The normalized spacial score (nSPS) is 12.6. The Morgan fingerprint density at radius 2 is 1.16 bits per heavy atom. The third-order valence-corrected chi connectivity index (χ3v) is 8.34. The zero-order valence-corrected chi connectivity index (χ0v) is 22.6. The first-order valence-corrected chi connectivity index (χ1v) is 14.5. The second kappa shape index (κ2) is 11.4. The van der Waals surface area contributed by atoms with Crippen molar-refractivity contribution >= 4 is 31.4 Å². The molecule has 0 aliphatic carbocycles. The lowest BCUT2D eigenvalue weighted by Gasteiger charge is -2.17. The fourth-order valence-electron chi connectivity index (χ4n) is 3.71. The molecule has 2 N–H and O–H groups in total. The molecular formula is C26H16F8N2O5S2. The summed E-state index contributed by atoms with van der Waals surface area (Å²) >= 11 is 0. The SMILES string of the molecule is O=S(=O)(Nc1ccc(-c2c(F)cccc2F)cc1NS(=O)(=O)c1cccc(C(F)(F)F)c1)c1ccc(OC(F)(F)F)cc1. The number of rotatable bonds is 8. The van der Waals surface area contributed by atoms with Crippen molar-refractivity contribution in [2.24, 2.45) is 0 Å². The molecule has 17 heteroatoms. The van der Waals surface area contributed by atoms with Crippen molar-refractivity contribution in [2.75, 3.05) is 9.44 Å². The summed E-state index contributed by atoms with van der Waals surface area (Å²) in [6.07, 6.45) is -9.96. The van der Waals surface area contributed by atoms with Crippen LogP contribution in [0.15, 0.2) is 94.7 Å². The van der Waals surface area contributed by atoms with Crippen LogP contribution in [0, 0.1) is 11.6 Å². The number of ether oxygens (including phenoxy) is 1. The fourth-order valence-corrected chi connectivity index (χ4v) is 5.91. The van der Waals surface area contributed by atoms with E-state index >= 15 is 0 Å². The molecule has 0 amide bonds. The number of hydrogen-bond acceptors (Lipinski definition) is 5. The molecular weight excluding hydrogens is 636 g/mol. The van der Waals surface area contributed by atoms with E-state index in [2.05, 4.69) is 4.74 Å². The van der Waals surface area contributed by atoms with E-state index in [9.17, 15) is 52.0 Å². The van der Waals surface area contributed by atoms with Crippen LogP contribution in [0.4, 0.5) is 46.5 Å². The molecule has 0 atom stereocenters. The Morgan fingerprint density at radius 3 is 1.74 bits per heavy atom. The monoisotopic (exact) mass is 652 g/mol. The van der Waals surface area contributed by atoms with Gasteiger partial charge in [0.2, 0.25) is 0 Å². The quantitative estimate of drug-likeness (QED) is 0.197. The van der Waals surface area contributed by atoms with E-state index < -0.39 is 82.3 Å². The maximum absolute atomic E-state index is 14.5. The van der Waals surface area contributed by atoms with Crippen LogP contribution in [0.3, 0.4) is 0 Å². The van der Waals surface area contributed by atoms with Crippen LogP contribution in [0.5, 0.6) is 5.75 Å². The summed E-state index contributed by atoms with van der Waals surface area (Å²) < 4.78 is 166. The zero-order chi connectivity index (χ0) is 31.8. The summed E-state index contributed by atoms with van der Waals surface area (Å²) in [4.78, 5) is -1.48. The van der Waals surface area contributed by atoms with Crippen molar-refractivity contribution in [3.8, 4) is 16.9 Å². The minimum atomic E-state index is -5.05. The van der Waals surface area contributed by atoms with Gasteiger partial charge in [0.25, 0.3) is 20.0 Å². The Hall–Kier alpha value is -4.38. The van der Waals surface area contributed by atoms with E-state index in [-0.39, 0.29) is 5.56 Å². The molecule has 0 aliphatic heterocycles. The third kappa shape index (κ3) is 7.53. The average molecular weight is 653 g/mol. The largest absolute Gasteiger partial charge is 0.573 e. The first-order chi connectivity index (χ1) is 19.9. The number of nitrogens with one attached hydrogen (secondary N) is 2. The van der Waals surface area contributed by atoms with Gasteiger partial charge in [-0.15, -0.1) is 13.2 Å². The standard InChI is InChI=1S/C26H16F8N2O5S2/c27-20-5-2-6-21(28)24(20)15-7-12-22(35-42(37,38)18-10-8-17(9-11-18)41-26(32,33)34)23(13-15)36-43(39,40)19-4-1-3-16(14-19)25(29,30)31/h1-14,35-36H. The first-order valence-electron chi connectivity index (χ1n) is 11.5. The molecule has 0 aromatic heterocycles. The van der Waals surface area contributed by atoms with E-state index in [1.807, 2.05) is 9.44 Å². The number of sulfonamides is 2. The van der Waals surface area contributed by atoms with E-state index in [0.717, 1.165) is 60.7 Å². The number of halogens is 8. The highest BCUT2D eigenvalue weighted by Gasteiger charge is 2.33. The van der Waals surface area contributed by atoms with Gasteiger partial charge in [-0.3, -0.25) is 9.44 Å². The van der Waals surface area contributed by atoms with Crippen LogP contribution in [-0.4, -0.2) is 23.2 Å². The smallest absolute Gasteiger partial charge is 0.406 e. The van der Waals surface area contributed by atoms with Gasteiger partial charge in [0, 0.05) is 0 Å². The zero-order valence-electron chi connectivity index (χ0n) is 21.0. The molecule has 43 heavy (non-hydrogen) atoms. The Morgan fingerprint density at radius 1 is 0.605 bits per heavy atom. The molecule has 0 bridgehead atoms. The predicted octanol–water partition coefficient (Wildman–Crippen LogP) is 7.15. The van der Waals surface area contributed by atoms with Crippen molar-refractivity contribution in [1.29, 1.82) is 0 Å². The molecule has 0 heterocycles. The van der Waals surface area contributed by atoms with Crippen molar-refractivity contribution in [2.45, 2.75) is 22.3 Å². The maximum atomic E-state index is 14.5. The molecule has 4 aromatic carbocycles. The van der Waals surface area contributed by atoms with Gasteiger partial charge in [-0.1, -0.05) is 18.2 Å². The summed E-state index contributed by atoms with van der Waals surface area (Å²) in [6, 6.07) is 11.1. The van der Waals surface area contributed by atoms with Gasteiger partial charge in [0.15, 0.2) is 0 Å². The summed E-state index contributed by atoms with van der Waals surface area (Å²) in [6.45, 7) is 0. The molecule has 0 saturated heterocycles. The molecule has 0 unspecified atom stereocenters. The maximum Gasteiger partial charge on any atom is 0.573 e. The van der Waals surface area contributed by atoms with Crippen LogP contribution in [-0.2, 0) is 26.2 Å². The van der Waals surface area contributed by atoms with E-state index in [1.165, 1.54) is 0 Å². The molecule has 0 saturated carbocycles. The number of hydrogen-bond donors (Lipinski definition) is 2. The van der Waals surface area contributed by atoms with Crippen LogP contribution >= 0.6 is 0 Å². The van der Waals surface area contributed by atoms with Crippen LogP contribution in [0.1, 0.15) is 5.56 Å². The Kier molecular flexibility index (Phi) is 8.34. The van der Waals surface area contributed by atoms with Gasteiger partial charge in [-0.25, -0.2) is 25.6 Å². The molecule has 0 spiro atoms. The summed E-state index contributed by atoms with van der Waals surface area (Å²) in [5.74, 6) is -2.88. The van der Waals surface area contributed by atoms with E-state index in [4.69, 9.17) is 0 Å². The van der Waals surface area contributed by atoms with Crippen LogP contribution in [0.25, 0.3) is 11.1 Å². The second-order valence-corrected chi connectivity index (χ2v) is 12.0. The predicted molar refractivity (Wildman–Crippen MR) is 138 cm³/mol. The fraction of sp³-hybridized carbons (Fsp3) is 0.0769. The lowest BCUT2D eigenvalue weighted by Crippen LogP contribution is -2.19. The van der Waals surface area contributed by atoms with Crippen LogP contribution < -0.4 is 14.2 Å². The third-order valence-electron chi connectivity index (χ3n) is 5.60. The highest BCUT2D eigenvalue weighted by atomic mass is 32.2. The lowest BCUT2D eigenvalue weighted by molar-refractivity contribution is -0.274. The van der Waals surface area contributed by atoms with Crippen molar-refractivity contribution in [1.82, 2.24) is 0 Å². The molecule has 0 fully saturated rings. The number of benzene rings is 4. The minimum absolute atomic E-state index is 0.283. The van der Waals surface area contributed by atoms with Gasteiger partial charge in [-0.05, 0) is 72.3 Å². The van der Waals surface area contributed by atoms with Crippen molar-refractivity contribution in [3.05, 3.63) is 102 Å². The molecule has 4 aromatic rings. The van der Waals surface area contributed by atoms with E-state index in [0.29, 0.717) is 24.3 Å². The van der Waals surface area contributed by atoms with Crippen LogP contribution in [0.2, 0.25) is 0 Å². The molecule has 4 rings (SSSR count). The second-order valence-electron chi connectivity index (χ2n) is 8.61. The van der Waals surface area contributed by atoms with Crippen molar-refractivity contribution in [3.63, 3.8) is 0 Å². The molecule has 0 aliphatic rings. The minimum Gasteiger partial charge on any atom is -0.406 e. The van der Waals surface area contributed by atoms with Gasteiger partial charge >= 0.3 is 12.5 Å². The number of alkyl halides is 6. The van der Waals surface area contributed by atoms with Gasteiger partial charge < -0.3 is 4.74 Å². The van der Waals surface area contributed by atoms with E-state index in [1.54, 1.807) is 0 Å². The molecule has 228 valence electrons. The molecule has 0 radical (unpaired) electrons. The topological polar surface area (TPSA) is 102 Å². The van der Waals surface area contributed by atoms with Gasteiger partial charge in [-0.2, -0.15) is 13.2 Å². The van der Waals surface area contributed by atoms with Gasteiger partial charge in [0.1, 0.15) is 17.4 Å². The first kappa shape index (κ1) is 31.6.